The number of fused-ring (bicyclic) bond motifs is 1. The number of hydrogen-bond donors (Lipinski definition) is 1. The van der Waals surface area contributed by atoms with Crippen LogP contribution in [0.4, 0.5) is 0 Å². The molecule has 0 unspecified atom stereocenters. The first-order valence-corrected chi connectivity index (χ1v) is 6.45. The molecule has 0 aliphatic heterocycles. The smallest absolute Gasteiger partial charge is 0.417 e. The van der Waals surface area contributed by atoms with Crippen molar-refractivity contribution in [2.24, 2.45) is 0 Å². The first-order chi connectivity index (χ1) is 10.2. The number of benzene rings is 2. The molecule has 0 radical (unpaired) electrons. The highest BCUT2D eigenvalue weighted by atomic mass is 16.5. The van der Waals surface area contributed by atoms with Gasteiger partial charge in [-0.15, -0.1) is 0 Å². The van der Waals surface area contributed by atoms with Gasteiger partial charge in [0.2, 0.25) is 0 Å². The molecule has 0 aliphatic carbocycles. The minimum Gasteiger partial charge on any atom is -0.496 e. The predicted molar refractivity (Wildman–Crippen MR) is 77.9 cm³/mol. The van der Waals surface area contributed by atoms with Gasteiger partial charge in [0.05, 0.1) is 12.6 Å². The number of oxazole rings is 1. The Labute approximate surface area is 120 Å². The standard InChI is InChI=1S/C16H13NO4/c1-20-14-5-3-2-4-11(14)8-13(18)10-6-7-12-15(9-10)21-16(19)17-12/h2-7,9H,8H2,1H3,(H,17,19). The summed E-state index contributed by atoms with van der Waals surface area (Å²) in [6.45, 7) is 0. The van der Waals surface area contributed by atoms with Crippen molar-refractivity contribution in [1.29, 1.82) is 0 Å². The summed E-state index contributed by atoms with van der Waals surface area (Å²) >= 11 is 0. The highest BCUT2D eigenvalue weighted by molar-refractivity contribution is 6.00. The van der Waals surface area contributed by atoms with E-state index >= 15 is 0 Å². The molecule has 0 fully saturated rings. The van der Waals surface area contributed by atoms with Crippen LogP contribution in [-0.2, 0) is 6.42 Å². The Balaban J connectivity index is 1.91. The van der Waals surface area contributed by atoms with E-state index in [-0.39, 0.29) is 12.2 Å². The van der Waals surface area contributed by atoms with Crippen molar-refractivity contribution in [3.63, 3.8) is 0 Å². The monoisotopic (exact) mass is 283 g/mol. The van der Waals surface area contributed by atoms with Crippen LogP contribution < -0.4 is 10.5 Å². The molecule has 1 N–H and O–H groups in total. The molecule has 0 amide bonds. The zero-order valence-electron chi connectivity index (χ0n) is 11.4. The van der Waals surface area contributed by atoms with Crippen LogP contribution in [0.25, 0.3) is 11.1 Å². The Morgan fingerprint density at radius 1 is 1.24 bits per heavy atom. The van der Waals surface area contributed by atoms with Crippen molar-refractivity contribution >= 4 is 16.9 Å². The number of nitrogens with one attached hydrogen (secondary N) is 1. The third-order valence-electron chi connectivity index (χ3n) is 3.29. The molecule has 0 saturated heterocycles. The molecule has 0 spiro atoms. The maximum absolute atomic E-state index is 12.3. The molecule has 21 heavy (non-hydrogen) atoms. The lowest BCUT2D eigenvalue weighted by atomic mass is 10.0. The summed E-state index contributed by atoms with van der Waals surface area (Å²) < 4.78 is 10.2. The van der Waals surface area contributed by atoms with Crippen LogP contribution in [0.3, 0.4) is 0 Å². The summed E-state index contributed by atoms with van der Waals surface area (Å²) in [6.07, 6.45) is 0.226. The molecule has 106 valence electrons. The lowest BCUT2D eigenvalue weighted by Gasteiger charge is -2.07. The molecule has 1 heterocycles. The summed E-state index contributed by atoms with van der Waals surface area (Å²) in [5.74, 6) is 0.0877. The van der Waals surface area contributed by atoms with Gasteiger partial charge in [-0.3, -0.25) is 9.78 Å². The van der Waals surface area contributed by atoms with Crippen LogP contribution in [0.15, 0.2) is 51.7 Å². The summed E-state index contributed by atoms with van der Waals surface area (Å²) in [7, 11) is 1.57. The fourth-order valence-electron chi connectivity index (χ4n) is 2.24. The second-order valence-corrected chi connectivity index (χ2v) is 4.64. The van der Waals surface area contributed by atoms with Gasteiger partial charge in [-0.1, -0.05) is 18.2 Å². The van der Waals surface area contributed by atoms with E-state index in [1.54, 1.807) is 25.3 Å². The molecule has 1 aromatic heterocycles. The summed E-state index contributed by atoms with van der Waals surface area (Å²) in [5, 5.41) is 0. The van der Waals surface area contributed by atoms with E-state index in [1.165, 1.54) is 0 Å². The lowest BCUT2D eigenvalue weighted by Crippen LogP contribution is -2.04. The van der Waals surface area contributed by atoms with E-state index in [1.807, 2.05) is 24.3 Å². The van der Waals surface area contributed by atoms with Crippen LogP contribution in [-0.4, -0.2) is 17.9 Å². The van der Waals surface area contributed by atoms with Gasteiger partial charge in [0.25, 0.3) is 0 Å². The zero-order valence-corrected chi connectivity index (χ0v) is 11.4. The number of aromatic nitrogens is 1. The highest BCUT2D eigenvalue weighted by Gasteiger charge is 2.12. The van der Waals surface area contributed by atoms with Gasteiger partial charge in [-0.2, -0.15) is 0 Å². The van der Waals surface area contributed by atoms with Gasteiger partial charge in [0, 0.05) is 17.5 Å². The Morgan fingerprint density at radius 2 is 2.05 bits per heavy atom. The third kappa shape index (κ3) is 2.58. The summed E-state index contributed by atoms with van der Waals surface area (Å²) in [6, 6.07) is 12.3. The number of hydrogen-bond acceptors (Lipinski definition) is 4. The maximum atomic E-state index is 12.3. The number of methoxy groups -OCH3 is 1. The Kier molecular flexibility index (Phi) is 3.31. The SMILES string of the molecule is COc1ccccc1CC(=O)c1ccc2[nH]c(=O)oc2c1. The molecule has 3 rings (SSSR count). The van der Waals surface area contributed by atoms with Crippen LogP contribution in [0.5, 0.6) is 5.75 Å². The van der Waals surface area contributed by atoms with Crippen molar-refractivity contribution in [2.75, 3.05) is 7.11 Å². The van der Waals surface area contributed by atoms with Crippen LogP contribution in [0.2, 0.25) is 0 Å². The van der Waals surface area contributed by atoms with Crippen molar-refractivity contribution in [3.8, 4) is 5.75 Å². The van der Waals surface area contributed by atoms with Crippen LogP contribution in [0, 0.1) is 0 Å². The van der Waals surface area contributed by atoms with Crippen molar-refractivity contribution in [2.45, 2.75) is 6.42 Å². The highest BCUT2D eigenvalue weighted by Crippen LogP contribution is 2.20. The molecule has 0 aliphatic rings. The average molecular weight is 283 g/mol. The minimum absolute atomic E-state index is 0.0646. The number of ether oxygens (including phenoxy) is 1. The van der Waals surface area contributed by atoms with E-state index < -0.39 is 5.76 Å². The first kappa shape index (κ1) is 13.2. The van der Waals surface area contributed by atoms with Gasteiger partial charge < -0.3 is 9.15 Å². The number of Topliss-reactive ketones (excluding diaryl/α,β-unsaturated/α-hetero) is 1. The number of aromatic amines is 1. The predicted octanol–water partition coefficient (Wildman–Crippen LogP) is 2.56. The largest absolute Gasteiger partial charge is 0.496 e. The second kappa shape index (κ2) is 5.28. The quantitative estimate of drug-likeness (QED) is 0.747. The van der Waals surface area contributed by atoms with E-state index in [2.05, 4.69) is 4.98 Å². The van der Waals surface area contributed by atoms with Crippen molar-refractivity contribution in [1.82, 2.24) is 4.98 Å². The lowest BCUT2D eigenvalue weighted by molar-refractivity contribution is 0.0992. The number of carbonyl (C=O) groups is 1. The Bertz CT molecular complexity index is 860. The molecular formula is C16H13NO4. The fraction of sp³-hybridized carbons (Fsp3) is 0.125. The number of para-hydroxylation sites is 1. The Hall–Kier alpha value is -2.82. The topological polar surface area (TPSA) is 72.3 Å². The first-order valence-electron chi connectivity index (χ1n) is 6.45. The second-order valence-electron chi connectivity index (χ2n) is 4.64. The summed E-state index contributed by atoms with van der Waals surface area (Å²) in [4.78, 5) is 26.0. The van der Waals surface area contributed by atoms with Gasteiger partial charge in [-0.25, -0.2) is 4.79 Å². The number of rotatable bonds is 4. The molecule has 3 aromatic rings. The van der Waals surface area contributed by atoms with Gasteiger partial charge in [0.15, 0.2) is 11.4 Å². The maximum Gasteiger partial charge on any atom is 0.417 e. The number of ketones is 1. The van der Waals surface area contributed by atoms with Crippen molar-refractivity contribution < 1.29 is 13.9 Å². The Morgan fingerprint density at radius 3 is 2.86 bits per heavy atom. The normalized spacial score (nSPS) is 10.7. The fourth-order valence-corrected chi connectivity index (χ4v) is 2.24. The number of H-pyrrole nitrogens is 1. The number of carbonyl (C=O) groups excluding carboxylic acids is 1. The third-order valence-corrected chi connectivity index (χ3v) is 3.29. The van der Waals surface area contributed by atoms with Crippen LogP contribution in [0.1, 0.15) is 15.9 Å². The molecular weight excluding hydrogens is 270 g/mol. The van der Waals surface area contributed by atoms with E-state index in [9.17, 15) is 9.59 Å². The molecule has 0 atom stereocenters. The zero-order chi connectivity index (χ0) is 14.8. The van der Waals surface area contributed by atoms with Gasteiger partial charge >= 0.3 is 5.76 Å². The molecule has 5 heteroatoms. The van der Waals surface area contributed by atoms with Crippen LogP contribution >= 0.6 is 0 Å². The van der Waals surface area contributed by atoms with E-state index in [0.717, 1.165) is 5.56 Å². The average Bonchev–Trinajstić information content (AvgIpc) is 2.86. The molecule has 5 nitrogen and oxygen atoms in total. The van der Waals surface area contributed by atoms with Crippen molar-refractivity contribution in [3.05, 3.63) is 64.1 Å². The molecule has 0 bridgehead atoms. The summed E-state index contributed by atoms with van der Waals surface area (Å²) in [5.41, 5.74) is 2.27. The molecule has 2 aromatic carbocycles. The van der Waals surface area contributed by atoms with E-state index in [0.29, 0.717) is 22.4 Å². The van der Waals surface area contributed by atoms with Gasteiger partial charge in [-0.05, 0) is 24.3 Å². The molecule has 0 saturated carbocycles. The van der Waals surface area contributed by atoms with Gasteiger partial charge in [0.1, 0.15) is 5.75 Å². The minimum atomic E-state index is -0.528. The van der Waals surface area contributed by atoms with E-state index in [4.69, 9.17) is 9.15 Å².